The predicted molar refractivity (Wildman–Crippen MR) is 82.8 cm³/mol. The Bertz CT molecular complexity index is 639. The number of piperidine rings is 1. The Morgan fingerprint density at radius 1 is 1.18 bits per heavy atom. The van der Waals surface area contributed by atoms with E-state index in [-0.39, 0.29) is 10.3 Å². The van der Waals surface area contributed by atoms with Gasteiger partial charge in [0.25, 0.3) is 0 Å². The molecule has 3 rings (SSSR count). The number of nitrogens with one attached hydrogen (secondary N) is 2. The van der Waals surface area contributed by atoms with Gasteiger partial charge in [0.1, 0.15) is 13.2 Å². The van der Waals surface area contributed by atoms with Crippen LogP contribution < -0.4 is 19.5 Å². The van der Waals surface area contributed by atoms with Crippen LogP contribution in [-0.2, 0) is 10.0 Å². The molecule has 7 heteroatoms. The molecule has 0 radical (unpaired) electrons. The second-order valence-corrected chi connectivity index (χ2v) is 7.96. The maximum Gasteiger partial charge on any atom is 0.240 e. The van der Waals surface area contributed by atoms with Crippen LogP contribution in [0.2, 0.25) is 0 Å². The highest BCUT2D eigenvalue weighted by atomic mass is 32.2. The first-order valence-electron chi connectivity index (χ1n) is 7.59. The normalized spacial score (nSPS) is 20.6. The van der Waals surface area contributed by atoms with Crippen molar-refractivity contribution in [1.29, 1.82) is 0 Å². The third-order valence-electron chi connectivity index (χ3n) is 4.32. The van der Waals surface area contributed by atoms with Crippen LogP contribution in [-0.4, -0.2) is 41.3 Å². The van der Waals surface area contributed by atoms with E-state index in [9.17, 15) is 8.42 Å². The molecule has 0 amide bonds. The maximum atomic E-state index is 12.5. The number of fused-ring (bicyclic) bond motifs is 1. The van der Waals surface area contributed by atoms with E-state index in [4.69, 9.17) is 9.47 Å². The van der Waals surface area contributed by atoms with Crippen LogP contribution in [0.4, 0.5) is 0 Å². The highest BCUT2D eigenvalue weighted by Crippen LogP contribution is 2.32. The number of benzene rings is 1. The fraction of sp³-hybridized carbons (Fsp3) is 0.600. The molecular weight excluding hydrogens is 304 g/mol. The molecule has 0 bridgehead atoms. The zero-order valence-electron chi connectivity index (χ0n) is 12.7. The topological polar surface area (TPSA) is 76.7 Å². The van der Waals surface area contributed by atoms with Crippen LogP contribution in [0, 0.1) is 5.41 Å². The van der Waals surface area contributed by atoms with Crippen LogP contribution in [0.25, 0.3) is 0 Å². The standard InChI is InChI=1S/C15H22N2O4S/c1-15(4-6-16-7-5-15)11-17-22(18,19)12-2-3-13-14(10-12)21-9-8-20-13/h2-3,10,16-17H,4-9,11H2,1H3. The minimum atomic E-state index is -3.54. The second-order valence-electron chi connectivity index (χ2n) is 6.19. The second kappa shape index (κ2) is 6.06. The SMILES string of the molecule is CC1(CNS(=O)(=O)c2ccc3c(c2)OCCO3)CCNCC1. The van der Waals surface area contributed by atoms with Crippen LogP contribution in [0.15, 0.2) is 23.1 Å². The molecule has 1 aromatic carbocycles. The number of hydrogen-bond acceptors (Lipinski definition) is 5. The van der Waals surface area contributed by atoms with E-state index in [1.165, 1.54) is 6.07 Å². The third kappa shape index (κ3) is 3.37. The lowest BCUT2D eigenvalue weighted by molar-refractivity contribution is 0.171. The van der Waals surface area contributed by atoms with Crippen molar-refractivity contribution in [2.75, 3.05) is 32.8 Å². The molecule has 6 nitrogen and oxygen atoms in total. The summed E-state index contributed by atoms with van der Waals surface area (Å²) in [5.41, 5.74) is 0.00609. The molecule has 0 saturated carbocycles. The number of rotatable bonds is 4. The summed E-state index contributed by atoms with van der Waals surface area (Å²) in [5.74, 6) is 1.08. The molecule has 1 aromatic rings. The minimum absolute atomic E-state index is 0.00609. The fourth-order valence-electron chi connectivity index (χ4n) is 2.75. The van der Waals surface area contributed by atoms with E-state index >= 15 is 0 Å². The van der Waals surface area contributed by atoms with Crippen LogP contribution in [0.3, 0.4) is 0 Å². The van der Waals surface area contributed by atoms with E-state index in [1.807, 2.05) is 0 Å². The van der Waals surface area contributed by atoms with Gasteiger partial charge >= 0.3 is 0 Å². The molecule has 0 aliphatic carbocycles. The van der Waals surface area contributed by atoms with Gasteiger partial charge < -0.3 is 14.8 Å². The van der Waals surface area contributed by atoms with E-state index < -0.39 is 10.0 Å². The van der Waals surface area contributed by atoms with Gasteiger partial charge in [-0.3, -0.25) is 0 Å². The average Bonchev–Trinajstić information content (AvgIpc) is 2.53. The largest absolute Gasteiger partial charge is 0.486 e. The van der Waals surface area contributed by atoms with Crippen LogP contribution in [0.5, 0.6) is 11.5 Å². The van der Waals surface area contributed by atoms with Crippen molar-refractivity contribution in [3.8, 4) is 11.5 Å². The Morgan fingerprint density at radius 2 is 1.86 bits per heavy atom. The molecule has 2 heterocycles. The van der Waals surface area contributed by atoms with Gasteiger partial charge in [-0.05, 0) is 43.5 Å². The van der Waals surface area contributed by atoms with Crippen LogP contribution in [0.1, 0.15) is 19.8 Å². The highest BCUT2D eigenvalue weighted by molar-refractivity contribution is 7.89. The van der Waals surface area contributed by atoms with E-state index in [0.717, 1.165) is 25.9 Å². The number of ether oxygens (including phenoxy) is 2. The molecule has 1 saturated heterocycles. The highest BCUT2D eigenvalue weighted by Gasteiger charge is 2.29. The van der Waals surface area contributed by atoms with Crippen molar-refractivity contribution in [1.82, 2.24) is 10.0 Å². The number of sulfonamides is 1. The van der Waals surface area contributed by atoms with Crippen molar-refractivity contribution < 1.29 is 17.9 Å². The summed E-state index contributed by atoms with van der Waals surface area (Å²) < 4.78 is 38.6. The molecule has 1 fully saturated rings. The molecular formula is C15H22N2O4S. The van der Waals surface area contributed by atoms with Crippen molar-refractivity contribution in [3.63, 3.8) is 0 Å². The van der Waals surface area contributed by atoms with Gasteiger partial charge in [-0.15, -0.1) is 0 Å². The molecule has 0 aromatic heterocycles. The summed E-state index contributed by atoms with van der Waals surface area (Å²) in [6.07, 6.45) is 1.94. The first-order chi connectivity index (χ1) is 10.5. The van der Waals surface area contributed by atoms with Gasteiger partial charge in [0.2, 0.25) is 10.0 Å². The van der Waals surface area contributed by atoms with E-state index in [2.05, 4.69) is 17.0 Å². The lowest BCUT2D eigenvalue weighted by atomic mass is 9.81. The molecule has 2 N–H and O–H groups in total. The zero-order valence-corrected chi connectivity index (χ0v) is 13.5. The molecule has 122 valence electrons. The summed E-state index contributed by atoms with van der Waals surface area (Å²) in [4.78, 5) is 0.217. The van der Waals surface area contributed by atoms with Crippen molar-refractivity contribution in [2.24, 2.45) is 5.41 Å². The monoisotopic (exact) mass is 326 g/mol. The smallest absolute Gasteiger partial charge is 0.240 e. The Morgan fingerprint density at radius 3 is 2.59 bits per heavy atom. The number of hydrogen-bond donors (Lipinski definition) is 2. The van der Waals surface area contributed by atoms with Gasteiger partial charge in [-0.1, -0.05) is 6.92 Å². The molecule has 0 spiro atoms. The Balaban J connectivity index is 1.72. The molecule has 2 aliphatic heterocycles. The summed E-state index contributed by atoms with van der Waals surface area (Å²) in [6, 6.07) is 4.73. The summed E-state index contributed by atoms with van der Waals surface area (Å²) in [6.45, 7) is 5.37. The minimum Gasteiger partial charge on any atom is -0.486 e. The predicted octanol–water partition coefficient (Wildman–Crippen LogP) is 1.13. The van der Waals surface area contributed by atoms with Gasteiger partial charge in [-0.2, -0.15) is 0 Å². The maximum absolute atomic E-state index is 12.5. The Kier molecular flexibility index (Phi) is 4.29. The first kappa shape index (κ1) is 15.6. The zero-order chi connectivity index (χ0) is 15.6. The lowest BCUT2D eigenvalue weighted by Gasteiger charge is -2.34. The third-order valence-corrected chi connectivity index (χ3v) is 5.72. The van der Waals surface area contributed by atoms with Crippen molar-refractivity contribution >= 4 is 10.0 Å². The fourth-order valence-corrected chi connectivity index (χ4v) is 3.97. The molecule has 22 heavy (non-hydrogen) atoms. The van der Waals surface area contributed by atoms with Gasteiger partial charge in [0.05, 0.1) is 4.90 Å². The quantitative estimate of drug-likeness (QED) is 0.867. The lowest BCUT2D eigenvalue weighted by Crippen LogP contribution is -2.42. The average molecular weight is 326 g/mol. The van der Waals surface area contributed by atoms with Gasteiger partial charge in [0, 0.05) is 12.6 Å². The molecule has 0 unspecified atom stereocenters. The van der Waals surface area contributed by atoms with Gasteiger partial charge in [0.15, 0.2) is 11.5 Å². The summed E-state index contributed by atoms with van der Waals surface area (Å²) in [7, 11) is -3.54. The summed E-state index contributed by atoms with van der Waals surface area (Å²) in [5, 5.41) is 3.30. The first-order valence-corrected chi connectivity index (χ1v) is 9.07. The molecule has 2 aliphatic rings. The van der Waals surface area contributed by atoms with Crippen LogP contribution >= 0.6 is 0 Å². The Labute approximate surface area is 131 Å². The Hall–Kier alpha value is -1.31. The molecule has 0 atom stereocenters. The van der Waals surface area contributed by atoms with E-state index in [1.54, 1.807) is 12.1 Å². The van der Waals surface area contributed by atoms with Crippen molar-refractivity contribution in [3.05, 3.63) is 18.2 Å². The van der Waals surface area contributed by atoms with Crippen molar-refractivity contribution in [2.45, 2.75) is 24.7 Å². The van der Waals surface area contributed by atoms with Gasteiger partial charge in [-0.25, -0.2) is 13.1 Å². The van der Waals surface area contributed by atoms with E-state index in [0.29, 0.717) is 31.3 Å². The summed E-state index contributed by atoms with van der Waals surface area (Å²) >= 11 is 0.